The van der Waals surface area contributed by atoms with Crippen LogP contribution in [0.25, 0.3) is 0 Å². The quantitative estimate of drug-likeness (QED) is 0.495. The molecule has 0 atom stereocenters. The van der Waals surface area contributed by atoms with Gasteiger partial charge in [-0.25, -0.2) is 0 Å². The molecule has 0 saturated heterocycles. The molecule has 1 heterocycles. The molecule has 1 N–H and O–H groups in total. The van der Waals surface area contributed by atoms with Crippen molar-refractivity contribution in [2.24, 2.45) is 0 Å². The smallest absolute Gasteiger partial charge is 0.293 e. The van der Waals surface area contributed by atoms with Gasteiger partial charge in [-0.05, 0) is 31.4 Å². The molecule has 2 aromatic rings. The third kappa shape index (κ3) is 3.67. The topological polar surface area (TPSA) is 103 Å². The van der Waals surface area contributed by atoms with Crippen molar-refractivity contribution in [2.75, 3.05) is 11.1 Å². The molecule has 9 heteroatoms. The molecule has 1 aliphatic carbocycles. The Morgan fingerprint density at radius 2 is 2.30 bits per heavy atom. The van der Waals surface area contributed by atoms with Crippen molar-refractivity contribution in [3.63, 3.8) is 0 Å². The van der Waals surface area contributed by atoms with E-state index in [-0.39, 0.29) is 23.0 Å². The Hall–Kier alpha value is -2.42. The fraction of sp³-hybridized carbons (Fsp3) is 0.357. The average molecular weight is 333 g/mol. The van der Waals surface area contributed by atoms with Gasteiger partial charge in [-0.15, -0.1) is 10.2 Å². The van der Waals surface area contributed by atoms with Crippen LogP contribution >= 0.6 is 11.8 Å². The first-order chi connectivity index (χ1) is 11.0. The predicted octanol–water partition coefficient (Wildman–Crippen LogP) is 2.56. The minimum Gasteiger partial charge on any atom is -0.320 e. The first-order valence-corrected chi connectivity index (χ1v) is 8.10. The van der Waals surface area contributed by atoms with Crippen LogP contribution < -0.4 is 5.32 Å². The Bertz CT molecular complexity index is 757. The van der Waals surface area contributed by atoms with Gasteiger partial charge in [0.15, 0.2) is 5.16 Å². The van der Waals surface area contributed by atoms with Crippen LogP contribution in [0, 0.1) is 17.0 Å². The molecule has 1 aromatic carbocycles. The Morgan fingerprint density at radius 3 is 3.00 bits per heavy atom. The van der Waals surface area contributed by atoms with Gasteiger partial charge >= 0.3 is 0 Å². The highest BCUT2D eigenvalue weighted by Gasteiger charge is 2.26. The van der Waals surface area contributed by atoms with Crippen LogP contribution in [0.15, 0.2) is 29.7 Å². The van der Waals surface area contributed by atoms with Gasteiger partial charge in [0.25, 0.3) is 5.69 Å². The lowest BCUT2D eigenvalue weighted by Gasteiger charge is -2.07. The van der Waals surface area contributed by atoms with E-state index in [0.717, 1.165) is 18.4 Å². The monoisotopic (exact) mass is 333 g/mol. The van der Waals surface area contributed by atoms with E-state index >= 15 is 0 Å². The molecule has 8 nitrogen and oxygen atoms in total. The van der Waals surface area contributed by atoms with Gasteiger partial charge in [-0.1, -0.05) is 17.8 Å². The lowest BCUT2D eigenvalue weighted by molar-refractivity contribution is -0.384. The van der Waals surface area contributed by atoms with E-state index in [2.05, 4.69) is 15.5 Å². The fourth-order valence-electron chi connectivity index (χ4n) is 2.15. The van der Waals surface area contributed by atoms with Crippen LogP contribution in [-0.2, 0) is 4.79 Å². The third-order valence-corrected chi connectivity index (χ3v) is 4.39. The number of nitrogens with one attached hydrogen (secondary N) is 1. The maximum atomic E-state index is 12.1. The molecular weight excluding hydrogens is 318 g/mol. The second kappa shape index (κ2) is 6.37. The summed E-state index contributed by atoms with van der Waals surface area (Å²) in [5.74, 6) is -0.191. The minimum absolute atomic E-state index is 0.107. The number of nitrogens with zero attached hydrogens (tertiary/aromatic N) is 4. The summed E-state index contributed by atoms with van der Waals surface area (Å²) >= 11 is 1.27. The molecule has 1 amide bonds. The van der Waals surface area contributed by atoms with Crippen LogP contribution in [0.2, 0.25) is 0 Å². The Morgan fingerprint density at radius 1 is 1.52 bits per heavy atom. The van der Waals surface area contributed by atoms with E-state index in [0.29, 0.717) is 11.2 Å². The number of thioether (sulfide) groups is 1. The Labute approximate surface area is 136 Å². The number of hydrogen-bond acceptors (Lipinski definition) is 6. The van der Waals surface area contributed by atoms with Gasteiger partial charge < -0.3 is 9.88 Å². The summed E-state index contributed by atoms with van der Waals surface area (Å²) in [5.41, 5.74) is 0.862. The fourth-order valence-corrected chi connectivity index (χ4v) is 2.94. The van der Waals surface area contributed by atoms with Crippen molar-refractivity contribution in [3.8, 4) is 0 Å². The largest absolute Gasteiger partial charge is 0.320 e. The maximum Gasteiger partial charge on any atom is 0.293 e. The van der Waals surface area contributed by atoms with Gasteiger partial charge in [-0.2, -0.15) is 0 Å². The molecule has 0 unspecified atom stereocenters. The molecule has 1 aliphatic rings. The SMILES string of the molecule is Cc1ccc(NC(=O)CSc2nncn2C2CC2)c([N+](=O)[O-])c1. The summed E-state index contributed by atoms with van der Waals surface area (Å²) < 4.78 is 1.96. The molecule has 0 aliphatic heterocycles. The van der Waals surface area contributed by atoms with Crippen LogP contribution in [0.3, 0.4) is 0 Å². The number of rotatable bonds is 6. The van der Waals surface area contributed by atoms with Gasteiger partial charge in [0.2, 0.25) is 5.91 Å². The van der Waals surface area contributed by atoms with Crippen molar-refractivity contribution in [1.82, 2.24) is 14.8 Å². The molecule has 23 heavy (non-hydrogen) atoms. The molecule has 0 spiro atoms. The van der Waals surface area contributed by atoms with Crippen LogP contribution in [-0.4, -0.2) is 31.3 Å². The van der Waals surface area contributed by atoms with Gasteiger partial charge in [-0.3, -0.25) is 14.9 Å². The summed E-state index contributed by atoms with van der Waals surface area (Å²) in [6.07, 6.45) is 3.88. The number of amides is 1. The van der Waals surface area contributed by atoms with Crippen molar-refractivity contribution in [3.05, 3.63) is 40.2 Å². The number of carbonyl (C=O) groups excluding carboxylic acids is 1. The molecule has 1 aromatic heterocycles. The Balaban J connectivity index is 1.63. The molecule has 120 valence electrons. The number of benzene rings is 1. The van der Waals surface area contributed by atoms with Crippen molar-refractivity contribution >= 4 is 29.0 Å². The van der Waals surface area contributed by atoms with Gasteiger partial charge in [0, 0.05) is 12.1 Å². The zero-order valence-electron chi connectivity index (χ0n) is 12.4. The summed E-state index contributed by atoms with van der Waals surface area (Å²) in [5, 5.41) is 22.2. The molecule has 0 bridgehead atoms. The second-order valence-corrected chi connectivity index (χ2v) is 6.31. The number of carbonyl (C=O) groups is 1. The maximum absolute atomic E-state index is 12.1. The van der Waals surface area contributed by atoms with E-state index in [1.54, 1.807) is 25.4 Å². The first kappa shape index (κ1) is 15.5. The van der Waals surface area contributed by atoms with E-state index in [4.69, 9.17) is 0 Å². The lowest BCUT2D eigenvalue weighted by atomic mass is 10.2. The highest BCUT2D eigenvalue weighted by molar-refractivity contribution is 7.99. The Kier molecular flexibility index (Phi) is 4.28. The molecule has 0 radical (unpaired) electrons. The van der Waals surface area contributed by atoms with Crippen molar-refractivity contribution < 1.29 is 9.72 Å². The summed E-state index contributed by atoms with van der Waals surface area (Å²) in [4.78, 5) is 22.6. The zero-order valence-corrected chi connectivity index (χ0v) is 13.2. The van der Waals surface area contributed by atoms with Crippen molar-refractivity contribution in [2.45, 2.75) is 31.0 Å². The molecule has 1 saturated carbocycles. The number of nitro groups is 1. The highest BCUT2D eigenvalue weighted by Crippen LogP contribution is 2.37. The predicted molar refractivity (Wildman–Crippen MR) is 85.5 cm³/mol. The third-order valence-electron chi connectivity index (χ3n) is 3.44. The van der Waals surface area contributed by atoms with Gasteiger partial charge in [0.1, 0.15) is 12.0 Å². The summed E-state index contributed by atoms with van der Waals surface area (Å²) in [7, 11) is 0. The second-order valence-electron chi connectivity index (χ2n) is 5.37. The zero-order chi connectivity index (χ0) is 16.4. The first-order valence-electron chi connectivity index (χ1n) is 7.12. The number of hydrogen-bond donors (Lipinski definition) is 1. The van der Waals surface area contributed by atoms with Crippen LogP contribution in [0.5, 0.6) is 0 Å². The standard InChI is InChI=1S/C14H15N5O3S/c1-9-2-5-11(12(6-9)19(21)22)16-13(20)7-23-14-17-15-8-18(14)10-3-4-10/h2,5-6,8,10H,3-4,7H2,1H3,(H,16,20). The minimum atomic E-state index is -0.501. The lowest BCUT2D eigenvalue weighted by Crippen LogP contribution is -2.15. The number of aryl methyl sites for hydroxylation is 1. The molecule has 3 rings (SSSR count). The van der Waals surface area contributed by atoms with Gasteiger partial charge in [0.05, 0.1) is 10.7 Å². The van der Waals surface area contributed by atoms with Crippen LogP contribution in [0.1, 0.15) is 24.4 Å². The highest BCUT2D eigenvalue weighted by atomic mass is 32.2. The number of nitro benzene ring substituents is 1. The van der Waals surface area contributed by atoms with E-state index in [1.165, 1.54) is 17.8 Å². The van der Waals surface area contributed by atoms with E-state index in [1.807, 2.05) is 4.57 Å². The number of aromatic nitrogens is 3. The normalized spacial score (nSPS) is 13.8. The molecular formula is C14H15N5O3S. The summed E-state index contributed by atoms with van der Waals surface area (Å²) in [6, 6.07) is 5.14. The van der Waals surface area contributed by atoms with E-state index < -0.39 is 4.92 Å². The summed E-state index contributed by atoms with van der Waals surface area (Å²) in [6.45, 7) is 1.76. The van der Waals surface area contributed by atoms with Crippen LogP contribution in [0.4, 0.5) is 11.4 Å². The van der Waals surface area contributed by atoms with Crippen molar-refractivity contribution in [1.29, 1.82) is 0 Å². The number of anilines is 1. The molecule has 1 fully saturated rings. The average Bonchev–Trinajstić information content (AvgIpc) is 3.25. The van der Waals surface area contributed by atoms with E-state index in [9.17, 15) is 14.9 Å².